The number of benzene rings is 1. The Balaban J connectivity index is 1.83. The molecule has 0 radical (unpaired) electrons. The van der Waals surface area contributed by atoms with E-state index in [2.05, 4.69) is 5.32 Å². The number of halogens is 1. The van der Waals surface area contributed by atoms with Gasteiger partial charge in [-0.3, -0.25) is 9.59 Å². The molecule has 1 aromatic carbocycles. The van der Waals surface area contributed by atoms with Crippen molar-refractivity contribution in [1.29, 1.82) is 0 Å². The summed E-state index contributed by atoms with van der Waals surface area (Å²) in [4.78, 5) is 26.0. The van der Waals surface area contributed by atoms with Gasteiger partial charge >= 0.3 is 0 Å². The summed E-state index contributed by atoms with van der Waals surface area (Å²) in [6.07, 6.45) is 3.35. The summed E-state index contributed by atoms with van der Waals surface area (Å²) in [5.74, 6) is -0.849. The maximum Gasteiger partial charge on any atom is 0.251 e. The predicted molar refractivity (Wildman–Crippen MR) is 82.0 cm³/mol. The van der Waals surface area contributed by atoms with Crippen molar-refractivity contribution in [2.75, 3.05) is 13.7 Å². The van der Waals surface area contributed by atoms with Crippen LogP contribution in [-0.2, 0) is 14.3 Å². The van der Waals surface area contributed by atoms with Crippen molar-refractivity contribution in [1.82, 2.24) is 10.2 Å². The van der Waals surface area contributed by atoms with Crippen LogP contribution >= 0.6 is 0 Å². The lowest BCUT2D eigenvalue weighted by Gasteiger charge is -2.38. The fraction of sp³-hybridized carbons (Fsp3) is 0.529. The molecule has 6 heteroatoms. The summed E-state index contributed by atoms with van der Waals surface area (Å²) in [5, 5.41) is 3.00. The van der Waals surface area contributed by atoms with Gasteiger partial charge in [-0.15, -0.1) is 0 Å². The highest BCUT2D eigenvalue weighted by Crippen LogP contribution is 2.30. The topological polar surface area (TPSA) is 58.6 Å². The first-order valence-electron chi connectivity index (χ1n) is 7.99. The Labute approximate surface area is 134 Å². The Hall–Kier alpha value is -1.95. The Morgan fingerprint density at radius 1 is 1.35 bits per heavy atom. The molecule has 1 heterocycles. The molecule has 0 unspecified atom stereocenters. The molecule has 23 heavy (non-hydrogen) atoms. The quantitative estimate of drug-likeness (QED) is 0.923. The maximum atomic E-state index is 13.6. The zero-order valence-corrected chi connectivity index (χ0v) is 13.1. The largest absolute Gasteiger partial charge is 0.356 e. The van der Waals surface area contributed by atoms with Crippen LogP contribution in [0.1, 0.15) is 37.3 Å². The lowest BCUT2D eigenvalue weighted by atomic mass is 9.97. The van der Waals surface area contributed by atoms with E-state index in [-0.39, 0.29) is 24.5 Å². The number of amides is 2. The zero-order valence-electron chi connectivity index (χ0n) is 13.1. The normalized spacial score (nSPS) is 25.7. The second-order valence-corrected chi connectivity index (χ2v) is 6.23. The van der Waals surface area contributed by atoms with Crippen LogP contribution in [0.5, 0.6) is 0 Å². The van der Waals surface area contributed by atoms with Crippen LogP contribution in [0, 0.1) is 5.82 Å². The van der Waals surface area contributed by atoms with E-state index in [1.165, 1.54) is 17.0 Å². The van der Waals surface area contributed by atoms with Crippen LogP contribution in [0.2, 0.25) is 0 Å². The number of hydrogen-bond donors (Lipinski definition) is 1. The van der Waals surface area contributed by atoms with Gasteiger partial charge in [-0.1, -0.05) is 25.0 Å². The number of morpholine rings is 1. The van der Waals surface area contributed by atoms with Gasteiger partial charge in [0.05, 0.1) is 6.04 Å². The molecule has 1 aliphatic heterocycles. The lowest BCUT2D eigenvalue weighted by Crippen LogP contribution is -2.54. The standard InChI is InChI=1S/C17H21FN2O3/c1-20-14(21)10-23-16(17(22)19-13-7-2-3-8-13)15(20)11-5-4-6-12(18)9-11/h4-6,9,13,15-16H,2-3,7-8,10H2,1H3,(H,19,22)/t15-,16+/m0/s1. The molecule has 1 aromatic rings. The van der Waals surface area contributed by atoms with Gasteiger partial charge in [0.15, 0.2) is 6.10 Å². The van der Waals surface area contributed by atoms with Crippen LogP contribution in [0.15, 0.2) is 24.3 Å². The molecule has 2 atom stereocenters. The summed E-state index contributed by atoms with van der Waals surface area (Å²) in [6, 6.07) is 5.52. The van der Waals surface area contributed by atoms with Gasteiger partial charge in [0.25, 0.3) is 5.91 Å². The third kappa shape index (κ3) is 3.37. The molecule has 3 rings (SSSR count). The second kappa shape index (κ2) is 6.66. The van der Waals surface area contributed by atoms with E-state index in [1.54, 1.807) is 19.2 Å². The number of nitrogens with one attached hydrogen (secondary N) is 1. The number of hydrogen-bond acceptors (Lipinski definition) is 3. The van der Waals surface area contributed by atoms with Crippen molar-refractivity contribution in [3.8, 4) is 0 Å². The minimum absolute atomic E-state index is 0.134. The second-order valence-electron chi connectivity index (χ2n) is 6.23. The fourth-order valence-corrected chi connectivity index (χ4v) is 3.37. The molecule has 0 spiro atoms. The highest BCUT2D eigenvalue weighted by atomic mass is 19.1. The Bertz CT molecular complexity index is 601. The highest BCUT2D eigenvalue weighted by molar-refractivity contribution is 5.86. The highest BCUT2D eigenvalue weighted by Gasteiger charge is 2.40. The molecule has 1 saturated carbocycles. The molecule has 2 amide bonds. The molecule has 0 aromatic heterocycles. The minimum Gasteiger partial charge on any atom is -0.356 e. The van der Waals surface area contributed by atoms with Crippen LogP contribution in [0.4, 0.5) is 4.39 Å². The third-order valence-electron chi connectivity index (χ3n) is 4.63. The predicted octanol–water partition coefficient (Wildman–Crippen LogP) is 1.78. The SMILES string of the molecule is CN1C(=O)CO[C@@H](C(=O)NC2CCCC2)[C@@H]1c1cccc(F)c1. The Kier molecular flexibility index (Phi) is 4.61. The van der Waals surface area contributed by atoms with Crippen LogP contribution in [0.3, 0.4) is 0 Å². The zero-order chi connectivity index (χ0) is 16.4. The number of nitrogens with zero attached hydrogens (tertiary/aromatic N) is 1. The fourth-order valence-electron chi connectivity index (χ4n) is 3.37. The van der Waals surface area contributed by atoms with Gasteiger partial charge in [0.1, 0.15) is 12.4 Å². The Morgan fingerprint density at radius 2 is 2.09 bits per heavy atom. The lowest BCUT2D eigenvalue weighted by molar-refractivity contribution is -0.162. The molecule has 0 bridgehead atoms. The van der Waals surface area contributed by atoms with Crippen molar-refractivity contribution in [3.63, 3.8) is 0 Å². The molecule has 5 nitrogen and oxygen atoms in total. The smallest absolute Gasteiger partial charge is 0.251 e. The van der Waals surface area contributed by atoms with Crippen molar-refractivity contribution in [2.24, 2.45) is 0 Å². The van der Waals surface area contributed by atoms with E-state index in [0.29, 0.717) is 5.56 Å². The van der Waals surface area contributed by atoms with Gasteiger partial charge in [-0.05, 0) is 30.5 Å². The summed E-state index contributed by atoms with van der Waals surface area (Å²) < 4.78 is 19.1. The van der Waals surface area contributed by atoms with E-state index in [0.717, 1.165) is 25.7 Å². The minimum atomic E-state index is -0.819. The average Bonchev–Trinajstić information content (AvgIpc) is 3.02. The van der Waals surface area contributed by atoms with Gasteiger partial charge in [0, 0.05) is 13.1 Å². The molecular weight excluding hydrogens is 299 g/mol. The third-order valence-corrected chi connectivity index (χ3v) is 4.63. The maximum absolute atomic E-state index is 13.6. The van der Waals surface area contributed by atoms with Gasteiger partial charge < -0.3 is 15.0 Å². The summed E-state index contributed by atoms with van der Waals surface area (Å²) in [7, 11) is 1.62. The summed E-state index contributed by atoms with van der Waals surface area (Å²) in [6.45, 7) is -0.134. The Morgan fingerprint density at radius 3 is 2.78 bits per heavy atom. The van der Waals surface area contributed by atoms with Crippen molar-refractivity contribution in [2.45, 2.75) is 43.9 Å². The first-order chi connectivity index (χ1) is 11.1. The van der Waals surface area contributed by atoms with Crippen LogP contribution in [-0.4, -0.2) is 42.5 Å². The van der Waals surface area contributed by atoms with Gasteiger partial charge in [0.2, 0.25) is 5.91 Å². The van der Waals surface area contributed by atoms with Gasteiger partial charge in [-0.25, -0.2) is 4.39 Å². The van der Waals surface area contributed by atoms with E-state index in [4.69, 9.17) is 4.74 Å². The van der Waals surface area contributed by atoms with Crippen LogP contribution < -0.4 is 5.32 Å². The van der Waals surface area contributed by atoms with Crippen molar-refractivity contribution < 1.29 is 18.7 Å². The number of likely N-dealkylation sites (N-methyl/N-ethyl adjacent to an activating group) is 1. The van der Waals surface area contributed by atoms with E-state index in [9.17, 15) is 14.0 Å². The molecule has 1 saturated heterocycles. The van der Waals surface area contributed by atoms with Gasteiger partial charge in [-0.2, -0.15) is 0 Å². The van der Waals surface area contributed by atoms with Crippen LogP contribution in [0.25, 0.3) is 0 Å². The molecule has 1 aliphatic carbocycles. The summed E-state index contributed by atoms with van der Waals surface area (Å²) in [5.41, 5.74) is 0.562. The summed E-state index contributed by atoms with van der Waals surface area (Å²) >= 11 is 0. The average molecular weight is 320 g/mol. The molecule has 124 valence electrons. The monoisotopic (exact) mass is 320 g/mol. The molecule has 2 fully saturated rings. The van der Waals surface area contributed by atoms with E-state index >= 15 is 0 Å². The first-order valence-corrected chi connectivity index (χ1v) is 7.99. The number of rotatable bonds is 3. The van der Waals surface area contributed by atoms with E-state index < -0.39 is 18.0 Å². The van der Waals surface area contributed by atoms with Crippen molar-refractivity contribution in [3.05, 3.63) is 35.6 Å². The van der Waals surface area contributed by atoms with E-state index in [1.807, 2.05) is 0 Å². The first kappa shape index (κ1) is 15.9. The molecular formula is C17H21FN2O3. The van der Waals surface area contributed by atoms with Crippen molar-refractivity contribution >= 4 is 11.8 Å². The number of carbonyl (C=O) groups is 2. The molecule has 1 N–H and O–H groups in total. The number of carbonyl (C=O) groups excluding carboxylic acids is 2. The molecule has 2 aliphatic rings. The number of ether oxygens (including phenoxy) is 1.